The van der Waals surface area contributed by atoms with Crippen molar-refractivity contribution in [2.75, 3.05) is 18.5 Å². The van der Waals surface area contributed by atoms with E-state index >= 15 is 0 Å². The molecule has 1 heterocycles. The second-order valence-electron chi connectivity index (χ2n) is 4.51. The molecule has 0 saturated carbocycles. The quantitative estimate of drug-likeness (QED) is 0.915. The average Bonchev–Trinajstić information content (AvgIpc) is 2.88. The van der Waals surface area contributed by atoms with Crippen LogP contribution in [0.4, 0.5) is 5.69 Å². The van der Waals surface area contributed by atoms with Gasteiger partial charge < -0.3 is 10.5 Å². The first-order valence-electron chi connectivity index (χ1n) is 6.32. The fourth-order valence-electron chi connectivity index (χ4n) is 1.97. The third-order valence-corrected chi connectivity index (χ3v) is 6.29. The summed E-state index contributed by atoms with van der Waals surface area (Å²) in [5.74, 6) is 0.610. The third kappa shape index (κ3) is 3.04. The van der Waals surface area contributed by atoms with Crippen molar-refractivity contribution in [3.63, 3.8) is 0 Å². The molecule has 0 bridgehead atoms. The predicted octanol–water partition coefficient (Wildman–Crippen LogP) is 2.35. The van der Waals surface area contributed by atoms with Crippen LogP contribution in [0.25, 0.3) is 0 Å². The van der Waals surface area contributed by atoms with E-state index in [-0.39, 0.29) is 0 Å². The van der Waals surface area contributed by atoms with E-state index in [4.69, 9.17) is 10.5 Å². The van der Waals surface area contributed by atoms with Gasteiger partial charge in [0.05, 0.1) is 12.8 Å². The van der Waals surface area contributed by atoms with Gasteiger partial charge in [0, 0.05) is 29.4 Å². The van der Waals surface area contributed by atoms with E-state index in [2.05, 4.69) is 0 Å². The highest BCUT2D eigenvalue weighted by Crippen LogP contribution is 2.31. The highest BCUT2D eigenvalue weighted by Gasteiger charge is 2.25. The second kappa shape index (κ2) is 6.05. The molecule has 7 heteroatoms. The SMILES string of the molecule is COc1cccc(N(C)S(=O)(=O)c2cc(CN)sc2C)c1. The molecule has 0 aliphatic heterocycles. The van der Waals surface area contributed by atoms with Gasteiger partial charge in [0.2, 0.25) is 0 Å². The van der Waals surface area contributed by atoms with Crippen LogP contribution in [0.5, 0.6) is 5.75 Å². The summed E-state index contributed by atoms with van der Waals surface area (Å²) in [6, 6.07) is 8.58. The van der Waals surface area contributed by atoms with Crippen LogP contribution in [0, 0.1) is 6.92 Å². The molecule has 0 amide bonds. The number of thiophene rings is 1. The first-order chi connectivity index (χ1) is 9.90. The summed E-state index contributed by atoms with van der Waals surface area (Å²) < 4.78 is 31.9. The van der Waals surface area contributed by atoms with Crippen LogP contribution < -0.4 is 14.8 Å². The van der Waals surface area contributed by atoms with Crippen molar-refractivity contribution in [1.82, 2.24) is 0 Å². The van der Waals surface area contributed by atoms with Gasteiger partial charge in [0.1, 0.15) is 10.6 Å². The fraction of sp³-hybridized carbons (Fsp3) is 0.286. The van der Waals surface area contributed by atoms with Crippen LogP contribution >= 0.6 is 11.3 Å². The summed E-state index contributed by atoms with van der Waals surface area (Å²) >= 11 is 1.41. The average molecular weight is 326 g/mol. The molecule has 0 saturated heterocycles. The molecule has 0 fully saturated rings. The highest BCUT2D eigenvalue weighted by atomic mass is 32.2. The van der Waals surface area contributed by atoms with Crippen molar-refractivity contribution in [2.45, 2.75) is 18.4 Å². The lowest BCUT2D eigenvalue weighted by molar-refractivity contribution is 0.415. The Kier molecular flexibility index (Phi) is 4.55. The predicted molar refractivity (Wildman–Crippen MR) is 85.5 cm³/mol. The molecule has 0 aliphatic carbocycles. The van der Waals surface area contributed by atoms with Crippen LogP contribution in [-0.4, -0.2) is 22.6 Å². The van der Waals surface area contributed by atoms with Gasteiger partial charge in [-0.25, -0.2) is 8.42 Å². The normalized spacial score (nSPS) is 11.4. The lowest BCUT2D eigenvalue weighted by atomic mass is 10.3. The lowest BCUT2D eigenvalue weighted by Gasteiger charge is -2.19. The van der Waals surface area contributed by atoms with Crippen molar-refractivity contribution in [3.8, 4) is 5.75 Å². The molecule has 1 aromatic heterocycles. The van der Waals surface area contributed by atoms with Gasteiger partial charge in [0.15, 0.2) is 0 Å². The summed E-state index contributed by atoms with van der Waals surface area (Å²) in [5, 5.41) is 0. The Morgan fingerprint density at radius 1 is 1.33 bits per heavy atom. The molecular weight excluding hydrogens is 308 g/mol. The number of nitrogens with two attached hydrogens (primary N) is 1. The fourth-order valence-corrected chi connectivity index (χ4v) is 4.64. The maximum atomic E-state index is 12.7. The van der Waals surface area contributed by atoms with Crippen LogP contribution in [-0.2, 0) is 16.6 Å². The topological polar surface area (TPSA) is 72.6 Å². The van der Waals surface area contributed by atoms with E-state index in [1.165, 1.54) is 22.7 Å². The number of sulfonamides is 1. The minimum atomic E-state index is -3.60. The summed E-state index contributed by atoms with van der Waals surface area (Å²) in [7, 11) is -0.527. The zero-order valence-electron chi connectivity index (χ0n) is 12.2. The molecule has 5 nitrogen and oxygen atoms in total. The van der Waals surface area contributed by atoms with E-state index in [1.807, 2.05) is 0 Å². The maximum absolute atomic E-state index is 12.7. The molecule has 0 atom stereocenters. The maximum Gasteiger partial charge on any atom is 0.265 e. The van der Waals surface area contributed by atoms with Gasteiger partial charge in [-0.05, 0) is 25.1 Å². The van der Waals surface area contributed by atoms with Crippen molar-refractivity contribution < 1.29 is 13.2 Å². The number of anilines is 1. The number of nitrogens with zero attached hydrogens (tertiary/aromatic N) is 1. The Balaban J connectivity index is 2.44. The zero-order valence-corrected chi connectivity index (χ0v) is 13.8. The monoisotopic (exact) mass is 326 g/mol. The summed E-state index contributed by atoms with van der Waals surface area (Å²) in [5.41, 5.74) is 6.14. The van der Waals surface area contributed by atoms with Crippen molar-refractivity contribution in [3.05, 3.63) is 40.1 Å². The van der Waals surface area contributed by atoms with Gasteiger partial charge >= 0.3 is 0 Å². The van der Waals surface area contributed by atoms with Crippen LogP contribution in [0.2, 0.25) is 0 Å². The number of benzene rings is 1. The van der Waals surface area contributed by atoms with Crippen molar-refractivity contribution >= 4 is 27.0 Å². The Bertz CT molecular complexity index is 738. The Labute approximate surface area is 129 Å². The molecule has 0 unspecified atom stereocenters. The van der Waals surface area contributed by atoms with Crippen LogP contribution in [0.3, 0.4) is 0 Å². The van der Waals surface area contributed by atoms with Crippen LogP contribution in [0.15, 0.2) is 35.2 Å². The van der Waals surface area contributed by atoms with Gasteiger partial charge in [-0.15, -0.1) is 11.3 Å². The molecule has 2 N–H and O–H groups in total. The Morgan fingerprint density at radius 2 is 2.05 bits per heavy atom. The molecule has 1 aromatic carbocycles. The van der Waals surface area contributed by atoms with E-state index < -0.39 is 10.0 Å². The number of rotatable bonds is 5. The van der Waals surface area contributed by atoms with Gasteiger partial charge in [0.25, 0.3) is 10.0 Å². The van der Waals surface area contributed by atoms with Gasteiger partial charge in [-0.2, -0.15) is 0 Å². The molecule has 2 rings (SSSR count). The number of hydrogen-bond donors (Lipinski definition) is 1. The molecule has 2 aromatic rings. The zero-order chi connectivity index (χ0) is 15.6. The third-order valence-electron chi connectivity index (χ3n) is 3.18. The van der Waals surface area contributed by atoms with Crippen molar-refractivity contribution in [1.29, 1.82) is 0 Å². The molecule has 21 heavy (non-hydrogen) atoms. The summed E-state index contributed by atoms with van der Waals surface area (Å²) in [6.45, 7) is 2.13. The van der Waals surface area contributed by atoms with Crippen molar-refractivity contribution in [2.24, 2.45) is 5.73 Å². The van der Waals surface area contributed by atoms with E-state index in [1.54, 1.807) is 44.4 Å². The first-order valence-corrected chi connectivity index (χ1v) is 8.58. The van der Waals surface area contributed by atoms with Gasteiger partial charge in [-0.3, -0.25) is 4.31 Å². The Hall–Kier alpha value is -1.57. The highest BCUT2D eigenvalue weighted by molar-refractivity contribution is 7.93. The number of aryl methyl sites for hydroxylation is 1. The molecule has 0 aliphatic rings. The number of ether oxygens (including phenoxy) is 1. The minimum absolute atomic E-state index is 0.304. The van der Waals surface area contributed by atoms with E-state index in [9.17, 15) is 8.42 Å². The molecule has 0 spiro atoms. The first kappa shape index (κ1) is 15.8. The summed E-state index contributed by atoms with van der Waals surface area (Å²) in [4.78, 5) is 1.90. The smallest absolute Gasteiger partial charge is 0.265 e. The Morgan fingerprint density at radius 3 is 2.62 bits per heavy atom. The molecule has 0 radical (unpaired) electrons. The number of hydrogen-bond acceptors (Lipinski definition) is 5. The minimum Gasteiger partial charge on any atom is -0.497 e. The second-order valence-corrected chi connectivity index (χ2v) is 7.79. The standard InChI is InChI=1S/C14H18N2O3S2/c1-10-14(8-13(9-15)20-10)21(17,18)16(2)11-5-4-6-12(7-11)19-3/h4-8H,9,15H2,1-3H3. The van der Waals surface area contributed by atoms with E-state index in [0.717, 1.165) is 9.75 Å². The summed E-state index contributed by atoms with van der Waals surface area (Å²) in [6.07, 6.45) is 0. The van der Waals surface area contributed by atoms with Gasteiger partial charge in [-0.1, -0.05) is 6.07 Å². The lowest BCUT2D eigenvalue weighted by Crippen LogP contribution is -2.26. The van der Waals surface area contributed by atoms with E-state index in [0.29, 0.717) is 22.9 Å². The molecular formula is C14H18N2O3S2. The molecule has 114 valence electrons. The number of methoxy groups -OCH3 is 1. The van der Waals surface area contributed by atoms with Crippen LogP contribution in [0.1, 0.15) is 9.75 Å². The largest absolute Gasteiger partial charge is 0.497 e.